The molecule has 2 unspecified atom stereocenters. The maximum absolute atomic E-state index is 4.23. The minimum atomic E-state index is 0.828. The molecule has 0 saturated heterocycles. The van der Waals surface area contributed by atoms with Gasteiger partial charge < -0.3 is 0 Å². The molecule has 0 radical (unpaired) electrons. The van der Waals surface area contributed by atoms with Crippen LogP contribution in [0.1, 0.15) is 79.6 Å². The van der Waals surface area contributed by atoms with Crippen molar-refractivity contribution in [2.45, 2.75) is 79.6 Å². The Morgan fingerprint density at radius 3 is 2.06 bits per heavy atom. The molecule has 17 heavy (non-hydrogen) atoms. The maximum atomic E-state index is 4.23. The molecule has 0 amide bonds. The largest absolute Gasteiger partial charge is 0.0999 e. The molecule has 102 valence electrons. The van der Waals surface area contributed by atoms with Gasteiger partial charge in [0, 0.05) is 0 Å². The summed E-state index contributed by atoms with van der Waals surface area (Å²) in [6, 6.07) is 0. The maximum Gasteiger partial charge on any atom is -0.0320 e. The molecular weight excluding hydrogens is 204 g/mol. The van der Waals surface area contributed by atoms with Crippen LogP contribution in [-0.4, -0.2) is 0 Å². The van der Waals surface area contributed by atoms with E-state index < -0.39 is 0 Å². The number of allylic oxidation sites excluding steroid dienone is 1. The Morgan fingerprint density at radius 2 is 1.65 bits per heavy atom. The Bertz CT molecular complexity index is 190. The molecule has 0 N–H and O–H groups in total. The first-order valence-corrected chi connectivity index (χ1v) is 7.73. The van der Waals surface area contributed by atoms with E-state index in [4.69, 9.17) is 0 Å². The second kappa shape index (κ2) is 9.74. The molecule has 0 aromatic heterocycles. The van der Waals surface area contributed by atoms with Crippen molar-refractivity contribution in [2.75, 3.05) is 0 Å². The highest BCUT2D eigenvalue weighted by Crippen LogP contribution is 2.31. The summed E-state index contributed by atoms with van der Waals surface area (Å²) in [4.78, 5) is 0. The predicted octanol–water partition coefficient (Wildman–Crippen LogP) is 6.22. The molecule has 0 aromatic carbocycles. The summed E-state index contributed by atoms with van der Waals surface area (Å²) in [6.45, 7) is 15.9. The van der Waals surface area contributed by atoms with E-state index in [-0.39, 0.29) is 0 Å². The molecular formula is C17H34. The third-order valence-electron chi connectivity index (χ3n) is 4.21. The molecule has 0 fully saturated rings. The Kier molecular flexibility index (Phi) is 9.59. The van der Waals surface area contributed by atoms with Gasteiger partial charge in [0.1, 0.15) is 0 Å². The van der Waals surface area contributed by atoms with E-state index in [1.54, 1.807) is 0 Å². The van der Waals surface area contributed by atoms with Gasteiger partial charge in [-0.25, -0.2) is 0 Å². The number of unbranched alkanes of at least 4 members (excludes halogenated alkanes) is 1. The second-order valence-electron chi connectivity index (χ2n) is 5.88. The summed E-state index contributed by atoms with van der Waals surface area (Å²) in [5.41, 5.74) is 1.48. The van der Waals surface area contributed by atoms with E-state index in [9.17, 15) is 0 Å². The zero-order valence-electron chi connectivity index (χ0n) is 12.9. The van der Waals surface area contributed by atoms with Crippen LogP contribution < -0.4 is 0 Å². The lowest BCUT2D eigenvalue weighted by Crippen LogP contribution is -2.19. The van der Waals surface area contributed by atoms with Crippen LogP contribution >= 0.6 is 0 Å². The Balaban J connectivity index is 4.07. The highest BCUT2D eigenvalue weighted by molar-refractivity contribution is 4.94. The van der Waals surface area contributed by atoms with Crippen LogP contribution in [0.25, 0.3) is 0 Å². The Labute approximate surface area is 110 Å². The molecule has 0 heterocycles. The lowest BCUT2D eigenvalue weighted by molar-refractivity contribution is 0.225. The standard InChI is InChI=1S/C17H34/c1-7-10-11-15(6)12-13-16(8-2)17(9-3)14(4)5/h14,16-17H,6-13H2,1-5H3. The minimum Gasteiger partial charge on any atom is -0.0999 e. The fraction of sp³-hybridized carbons (Fsp3) is 0.882. The first kappa shape index (κ1) is 16.7. The van der Waals surface area contributed by atoms with Gasteiger partial charge in [0.05, 0.1) is 0 Å². The van der Waals surface area contributed by atoms with Crippen LogP contribution in [0.3, 0.4) is 0 Å². The van der Waals surface area contributed by atoms with Gasteiger partial charge in [0.25, 0.3) is 0 Å². The van der Waals surface area contributed by atoms with E-state index >= 15 is 0 Å². The van der Waals surface area contributed by atoms with Gasteiger partial charge in [-0.1, -0.05) is 66.0 Å². The lowest BCUT2D eigenvalue weighted by Gasteiger charge is -2.29. The van der Waals surface area contributed by atoms with E-state index in [1.165, 1.54) is 50.5 Å². The van der Waals surface area contributed by atoms with Crippen molar-refractivity contribution in [1.29, 1.82) is 0 Å². The van der Waals surface area contributed by atoms with Crippen LogP contribution in [0.5, 0.6) is 0 Å². The number of rotatable bonds is 10. The minimum absolute atomic E-state index is 0.828. The predicted molar refractivity (Wildman–Crippen MR) is 80.3 cm³/mol. The second-order valence-corrected chi connectivity index (χ2v) is 5.88. The van der Waals surface area contributed by atoms with Crippen LogP contribution in [0, 0.1) is 17.8 Å². The molecule has 0 bridgehead atoms. The van der Waals surface area contributed by atoms with Gasteiger partial charge in [0.15, 0.2) is 0 Å². The van der Waals surface area contributed by atoms with Crippen molar-refractivity contribution in [3.8, 4) is 0 Å². The fourth-order valence-corrected chi connectivity index (χ4v) is 3.01. The third kappa shape index (κ3) is 6.91. The highest BCUT2D eigenvalue weighted by Gasteiger charge is 2.21. The lowest BCUT2D eigenvalue weighted by atomic mass is 9.77. The monoisotopic (exact) mass is 238 g/mol. The van der Waals surface area contributed by atoms with Gasteiger partial charge in [-0.05, 0) is 43.4 Å². The molecule has 0 saturated carbocycles. The highest BCUT2D eigenvalue weighted by atomic mass is 14.3. The molecule has 2 atom stereocenters. The van der Waals surface area contributed by atoms with Crippen LogP contribution in [0.4, 0.5) is 0 Å². The summed E-state index contributed by atoms with van der Waals surface area (Å²) in [7, 11) is 0. The molecule has 0 rings (SSSR count). The van der Waals surface area contributed by atoms with E-state index in [1.807, 2.05) is 0 Å². The first-order valence-electron chi connectivity index (χ1n) is 7.73. The molecule has 0 aromatic rings. The zero-order valence-corrected chi connectivity index (χ0v) is 12.9. The average molecular weight is 238 g/mol. The Hall–Kier alpha value is -0.260. The van der Waals surface area contributed by atoms with Gasteiger partial charge in [-0.3, -0.25) is 0 Å². The summed E-state index contributed by atoms with van der Waals surface area (Å²) < 4.78 is 0. The van der Waals surface area contributed by atoms with E-state index in [2.05, 4.69) is 41.2 Å². The first-order chi connectivity index (χ1) is 8.06. The van der Waals surface area contributed by atoms with Crippen molar-refractivity contribution >= 4 is 0 Å². The van der Waals surface area contributed by atoms with Crippen LogP contribution in [-0.2, 0) is 0 Å². The van der Waals surface area contributed by atoms with E-state index in [0.717, 1.165) is 17.8 Å². The van der Waals surface area contributed by atoms with Crippen LogP contribution in [0.15, 0.2) is 12.2 Å². The topological polar surface area (TPSA) is 0 Å². The van der Waals surface area contributed by atoms with Gasteiger partial charge in [0.2, 0.25) is 0 Å². The summed E-state index contributed by atoms with van der Waals surface area (Å²) >= 11 is 0. The summed E-state index contributed by atoms with van der Waals surface area (Å²) in [5, 5.41) is 0. The van der Waals surface area contributed by atoms with Crippen LogP contribution in [0.2, 0.25) is 0 Å². The SMILES string of the molecule is C=C(CCCC)CCC(CC)C(CC)C(C)C. The number of hydrogen-bond donors (Lipinski definition) is 0. The smallest absolute Gasteiger partial charge is 0.0320 e. The Morgan fingerprint density at radius 1 is 1.00 bits per heavy atom. The fourth-order valence-electron chi connectivity index (χ4n) is 3.01. The van der Waals surface area contributed by atoms with Crippen molar-refractivity contribution < 1.29 is 0 Å². The molecule has 0 nitrogen and oxygen atoms in total. The molecule has 0 aliphatic heterocycles. The molecule has 0 spiro atoms. The quantitative estimate of drug-likeness (QED) is 0.396. The summed E-state index contributed by atoms with van der Waals surface area (Å²) in [5.74, 6) is 2.63. The summed E-state index contributed by atoms with van der Waals surface area (Å²) in [6.07, 6.45) is 9.12. The molecule has 0 heteroatoms. The zero-order chi connectivity index (χ0) is 13.3. The van der Waals surface area contributed by atoms with Crippen molar-refractivity contribution in [1.82, 2.24) is 0 Å². The van der Waals surface area contributed by atoms with Gasteiger partial charge in [-0.2, -0.15) is 0 Å². The molecule has 0 aliphatic rings. The van der Waals surface area contributed by atoms with Gasteiger partial charge >= 0.3 is 0 Å². The van der Waals surface area contributed by atoms with Crippen molar-refractivity contribution in [2.24, 2.45) is 17.8 Å². The van der Waals surface area contributed by atoms with Gasteiger partial charge in [-0.15, -0.1) is 0 Å². The van der Waals surface area contributed by atoms with Crippen molar-refractivity contribution in [3.05, 3.63) is 12.2 Å². The third-order valence-corrected chi connectivity index (χ3v) is 4.21. The number of hydrogen-bond acceptors (Lipinski definition) is 0. The van der Waals surface area contributed by atoms with E-state index in [0.29, 0.717) is 0 Å². The molecule has 0 aliphatic carbocycles. The van der Waals surface area contributed by atoms with Crippen molar-refractivity contribution in [3.63, 3.8) is 0 Å². The average Bonchev–Trinajstić information content (AvgIpc) is 2.31. The normalized spacial score (nSPS) is 14.9.